The second kappa shape index (κ2) is 6.38. The maximum Gasteiger partial charge on any atom is 0.410 e. The van der Waals surface area contributed by atoms with Gasteiger partial charge in [-0.25, -0.2) is 4.79 Å². The summed E-state index contributed by atoms with van der Waals surface area (Å²) < 4.78 is 5.19. The van der Waals surface area contributed by atoms with E-state index in [1.165, 1.54) is 0 Å². The number of carbonyl (C=O) groups excluding carboxylic acids is 1. The molecule has 1 aliphatic heterocycles. The van der Waals surface area contributed by atoms with Crippen molar-refractivity contribution in [3.8, 4) is 0 Å². The summed E-state index contributed by atoms with van der Waals surface area (Å²) in [6.45, 7) is 1.26. The first-order valence-corrected chi connectivity index (χ1v) is 6.44. The Morgan fingerprint density at radius 2 is 2.00 bits per heavy atom. The van der Waals surface area contributed by atoms with Crippen LogP contribution in [-0.2, 0) is 16.1 Å². The van der Waals surface area contributed by atoms with Crippen LogP contribution in [-0.4, -0.2) is 59.7 Å². The largest absolute Gasteiger partial charge is 0.480 e. The molecule has 0 aliphatic carbocycles. The van der Waals surface area contributed by atoms with Crippen molar-refractivity contribution < 1.29 is 19.4 Å². The molecule has 6 nitrogen and oxygen atoms in total. The van der Waals surface area contributed by atoms with E-state index in [0.29, 0.717) is 13.1 Å². The minimum Gasteiger partial charge on any atom is -0.480 e. The van der Waals surface area contributed by atoms with Gasteiger partial charge < -0.3 is 14.7 Å². The maximum absolute atomic E-state index is 11.8. The fraction of sp³-hybridized carbons (Fsp3) is 0.429. The summed E-state index contributed by atoms with van der Waals surface area (Å²) in [7, 11) is 1.74. The first-order valence-electron chi connectivity index (χ1n) is 6.44. The SMILES string of the molecule is CN(CC(=O)O)C1CN(C(=O)OCc2ccccc2)C1. The molecule has 0 aromatic heterocycles. The van der Waals surface area contributed by atoms with Crippen molar-refractivity contribution in [2.24, 2.45) is 0 Å². The highest BCUT2D eigenvalue weighted by Crippen LogP contribution is 2.15. The highest BCUT2D eigenvalue weighted by Gasteiger charge is 2.34. The molecular weight excluding hydrogens is 260 g/mol. The van der Waals surface area contributed by atoms with Crippen LogP contribution in [0, 0.1) is 0 Å². The third kappa shape index (κ3) is 3.71. The lowest BCUT2D eigenvalue weighted by Gasteiger charge is -2.42. The van der Waals surface area contributed by atoms with Crippen LogP contribution in [0.25, 0.3) is 0 Å². The predicted molar refractivity (Wildman–Crippen MR) is 72.3 cm³/mol. The van der Waals surface area contributed by atoms with E-state index in [1.807, 2.05) is 30.3 Å². The summed E-state index contributed by atoms with van der Waals surface area (Å²) in [5.41, 5.74) is 0.945. The minimum atomic E-state index is -0.863. The van der Waals surface area contributed by atoms with Crippen LogP contribution in [0.1, 0.15) is 5.56 Å². The van der Waals surface area contributed by atoms with Crippen LogP contribution in [0.4, 0.5) is 4.79 Å². The number of hydrogen-bond donors (Lipinski definition) is 1. The van der Waals surface area contributed by atoms with E-state index >= 15 is 0 Å². The Hall–Kier alpha value is -2.08. The number of hydrogen-bond acceptors (Lipinski definition) is 4. The fourth-order valence-electron chi connectivity index (χ4n) is 2.04. The van der Waals surface area contributed by atoms with Crippen LogP contribution in [0.3, 0.4) is 0 Å². The number of carbonyl (C=O) groups is 2. The number of likely N-dealkylation sites (N-methyl/N-ethyl adjacent to an activating group) is 1. The van der Waals surface area contributed by atoms with E-state index in [0.717, 1.165) is 5.56 Å². The van der Waals surface area contributed by atoms with Crippen LogP contribution in [0.5, 0.6) is 0 Å². The Morgan fingerprint density at radius 3 is 2.60 bits per heavy atom. The zero-order valence-corrected chi connectivity index (χ0v) is 11.4. The van der Waals surface area contributed by atoms with Crippen molar-refractivity contribution in [2.75, 3.05) is 26.7 Å². The third-order valence-electron chi connectivity index (χ3n) is 3.33. The molecule has 1 aliphatic rings. The normalized spacial score (nSPS) is 15.0. The molecule has 1 aromatic rings. The van der Waals surface area contributed by atoms with Gasteiger partial charge in [-0.15, -0.1) is 0 Å². The molecule has 6 heteroatoms. The van der Waals surface area contributed by atoms with Gasteiger partial charge in [0.15, 0.2) is 0 Å². The number of nitrogens with zero attached hydrogens (tertiary/aromatic N) is 2. The van der Waals surface area contributed by atoms with Gasteiger partial charge in [-0.2, -0.15) is 0 Å². The molecule has 0 radical (unpaired) electrons. The van der Waals surface area contributed by atoms with Crippen molar-refractivity contribution in [3.63, 3.8) is 0 Å². The Bertz CT molecular complexity index is 471. The highest BCUT2D eigenvalue weighted by molar-refractivity contribution is 5.70. The van der Waals surface area contributed by atoms with Crippen molar-refractivity contribution in [1.82, 2.24) is 9.80 Å². The molecule has 1 fully saturated rings. The van der Waals surface area contributed by atoms with Gasteiger partial charge in [-0.3, -0.25) is 9.69 Å². The Balaban J connectivity index is 1.70. The van der Waals surface area contributed by atoms with Crippen LogP contribution in [0.15, 0.2) is 30.3 Å². The predicted octanol–water partition coefficient (Wildman–Crippen LogP) is 1.02. The van der Waals surface area contributed by atoms with Crippen molar-refractivity contribution in [3.05, 3.63) is 35.9 Å². The van der Waals surface area contributed by atoms with Gasteiger partial charge in [0.1, 0.15) is 6.61 Å². The second-order valence-electron chi connectivity index (χ2n) is 4.91. The van der Waals surface area contributed by atoms with Gasteiger partial charge in [0.25, 0.3) is 0 Å². The van der Waals surface area contributed by atoms with Gasteiger partial charge in [0.2, 0.25) is 0 Å². The van der Waals surface area contributed by atoms with Crippen LogP contribution in [0.2, 0.25) is 0 Å². The summed E-state index contributed by atoms with van der Waals surface area (Å²) in [4.78, 5) is 25.6. The van der Waals surface area contributed by atoms with E-state index in [2.05, 4.69) is 0 Å². The Morgan fingerprint density at radius 1 is 1.35 bits per heavy atom. The quantitative estimate of drug-likeness (QED) is 0.871. The zero-order valence-electron chi connectivity index (χ0n) is 11.4. The summed E-state index contributed by atoms with van der Waals surface area (Å²) in [6.07, 6.45) is -0.353. The third-order valence-corrected chi connectivity index (χ3v) is 3.33. The first-order chi connectivity index (χ1) is 9.56. The van der Waals surface area contributed by atoms with E-state index in [9.17, 15) is 9.59 Å². The van der Waals surface area contributed by atoms with E-state index in [4.69, 9.17) is 9.84 Å². The molecule has 1 N–H and O–H groups in total. The standard InChI is InChI=1S/C14H18N2O4/c1-15(9-13(17)18)12-7-16(8-12)14(19)20-10-11-5-3-2-4-6-11/h2-6,12H,7-10H2,1H3,(H,17,18). The van der Waals surface area contributed by atoms with Gasteiger partial charge >= 0.3 is 12.1 Å². The highest BCUT2D eigenvalue weighted by atomic mass is 16.6. The average molecular weight is 278 g/mol. The number of aliphatic carboxylic acids is 1. The summed E-state index contributed by atoms with van der Waals surface area (Å²) in [6, 6.07) is 9.58. The molecule has 2 rings (SSSR count). The molecular formula is C14H18N2O4. The molecule has 0 bridgehead atoms. The monoisotopic (exact) mass is 278 g/mol. The number of benzene rings is 1. The topological polar surface area (TPSA) is 70.1 Å². The van der Waals surface area contributed by atoms with Gasteiger partial charge in [-0.1, -0.05) is 30.3 Å². The molecule has 0 unspecified atom stereocenters. The van der Waals surface area contributed by atoms with Crippen molar-refractivity contribution in [1.29, 1.82) is 0 Å². The first kappa shape index (κ1) is 14.3. The zero-order chi connectivity index (χ0) is 14.5. The molecule has 1 aromatic carbocycles. The number of ether oxygens (including phenoxy) is 1. The van der Waals surface area contributed by atoms with Crippen molar-refractivity contribution in [2.45, 2.75) is 12.6 Å². The molecule has 0 atom stereocenters. The molecule has 1 amide bonds. The molecule has 108 valence electrons. The molecule has 0 saturated carbocycles. The number of rotatable bonds is 5. The second-order valence-corrected chi connectivity index (χ2v) is 4.91. The van der Waals surface area contributed by atoms with Gasteiger partial charge in [0.05, 0.1) is 6.54 Å². The number of carboxylic acids is 1. The fourth-order valence-corrected chi connectivity index (χ4v) is 2.04. The van der Waals surface area contributed by atoms with E-state index < -0.39 is 5.97 Å². The molecule has 20 heavy (non-hydrogen) atoms. The van der Waals surface area contributed by atoms with Gasteiger partial charge in [-0.05, 0) is 12.6 Å². The lowest BCUT2D eigenvalue weighted by atomic mass is 10.1. The number of likely N-dealkylation sites (tertiary alicyclic amines) is 1. The van der Waals surface area contributed by atoms with E-state index in [-0.39, 0.29) is 25.3 Å². The number of amides is 1. The molecule has 0 spiro atoms. The van der Waals surface area contributed by atoms with Crippen LogP contribution < -0.4 is 0 Å². The molecule has 1 saturated heterocycles. The van der Waals surface area contributed by atoms with Gasteiger partial charge in [0, 0.05) is 19.1 Å². The lowest BCUT2D eigenvalue weighted by molar-refractivity contribution is -0.139. The lowest BCUT2D eigenvalue weighted by Crippen LogP contribution is -2.60. The Kier molecular flexibility index (Phi) is 4.57. The Labute approximate surface area is 117 Å². The average Bonchev–Trinajstić information content (AvgIpc) is 2.35. The molecule has 1 heterocycles. The smallest absolute Gasteiger partial charge is 0.410 e. The van der Waals surface area contributed by atoms with Crippen LogP contribution >= 0.6 is 0 Å². The number of carboxylic acid groups (broad SMARTS) is 1. The summed E-state index contributed by atoms with van der Waals surface area (Å²) in [5, 5.41) is 8.69. The van der Waals surface area contributed by atoms with Crippen molar-refractivity contribution >= 4 is 12.1 Å². The summed E-state index contributed by atoms with van der Waals surface area (Å²) >= 11 is 0. The summed E-state index contributed by atoms with van der Waals surface area (Å²) in [5.74, 6) is -0.863. The van der Waals surface area contributed by atoms with E-state index in [1.54, 1.807) is 16.8 Å². The maximum atomic E-state index is 11.8. The minimum absolute atomic E-state index is 0.0163.